The topological polar surface area (TPSA) is 73.0 Å². The molecule has 6 nitrogen and oxygen atoms in total. The zero-order chi connectivity index (χ0) is 17.6. The summed E-state index contributed by atoms with van der Waals surface area (Å²) in [6, 6.07) is 11.1. The van der Waals surface area contributed by atoms with Gasteiger partial charge in [0, 0.05) is 18.1 Å². The van der Waals surface area contributed by atoms with Crippen LogP contribution in [0.2, 0.25) is 5.02 Å². The lowest BCUT2D eigenvalue weighted by Gasteiger charge is -2.07. The number of thioether (sulfide) groups is 1. The molecule has 1 aromatic carbocycles. The van der Waals surface area contributed by atoms with Gasteiger partial charge < -0.3 is 9.73 Å². The van der Waals surface area contributed by atoms with Crippen molar-refractivity contribution in [2.45, 2.75) is 25.2 Å². The van der Waals surface area contributed by atoms with Crippen molar-refractivity contribution in [1.82, 2.24) is 20.1 Å². The van der Waals surface area contributed by atoms with E-state index in [1.807, 2.05) is 35.8 Å². The summed E-state index contributed by atoms with van der Waals surface area (Å²) in [7, 11) is 0. The third-order valence-corrected chi connectivity index (χ3v) is 4.88. The standard InChI is InChI=1S/C17H17ClN4O2S/c1-2-22-16(14-8-5-9-24-14)20-21-17(22)25-11-15(23)19-10-12-6-3-4-7-13(12)18/h3-9H,2,10-11H2,1H3,(H,19,23). The van der Waals surface area contributed by atoms with Gasteiger partial charge in [-0.2, -0.15) is 0 Å². The Morgan fingerprint density at radius 3 is 2.84 bits per heavy atom. The zero-order valence-electron chi connectivity index (χ0n) is 13.6. The highest BCUT2D eigenvalue weighted by Gasteiger charge is 2.16. The van der Waals surface area contributed by atoms with Crippen molar-refractivity contribution in [3.05, 3.63) is 53.2 Å². The van der Waals surface area contributed by atoms with Crippen LogP contribution in [0.15, 0.2) is 52.2 Å². The normalized spacial score (nSPS) is 10.8. The van der Waals surface area contributed by atoms with Gasteiger partial charge in [-0.25, -0.2) is 0 Å². The largest absolute Gasteiger partial charge is 0.461 e. The first-order valence-corrected chi connectivity index (χ1v) is 9.15. The van der Waals surface area contributed by atoms with E-state index in [0.29, 0.717) is 34.9 Å². The summed E-state index contributed by atoms with van der Waals surface area (Å²) in [5, 5.41) is 12.5. The highest BCUT2D eigenvalue weighted by Crippen LogP contribution is 2.24. The van der Waals surface area contributed by atoms with Crippen molar-refractivity contribution in [1.29, 1.82) is 0 Å². The summed E-state index contributed by atoms with van der Waals surface area (Å²) >= 11 is 7.42. The molecule has 0 aliphatic heterocycles. The minimum Gasteiger partial charge on any atom is -0.461 e. The number of halogens is 1. The number of hydrogen-bond donors (Lipinski definition) is 1. The zero-order valence-corrected chi connectivity index (χ0v) is 15.2. The Bertz CT molecular complexity index is 848. The van der Waals surface area contributed by atoms with Gasteiger partial charge in [0.25, 0.3) is 0 Å². The van der Waals surface area contributed by atoms with Crippen molar-refractivity contribution in [3.63, 3.8) is 0 Å². The van der Waals surface area contributed by atoms with E-state index in [4.69, 9.17) is 16.0 Å². The van der Waals surface area contributed by atoms with E-state index >= 15 is 0 Å². The van der Waals surface area contributed by atoms with Crippen LogP contribution in [0.3, 0.4) is 0 Å². The lowest BCUT2D eigenvalue weighted by molar-refractivity contribution is -0.118. The van der Waals surface area contributed by atoms with Crippen LogP contribution >= 0.6 is 23.4 Å². The minimum atomic E-state index is -0.0879. The fourth-order valence-corrected chi connectivity index (χ4v) is 3.32. The van der Waals surface area contributed by atoms with E-state index in [1.54, 1.807) is 18.4 Å². The summed E-state index contributed by atoms with van der Waals surface area (Å²) in [6.07, 6.45) is 1.60. The first kappa shape index (κ1) is 17.6. The van der Waals surface area contributed by atoms with Crippen molar-refractivity contribution in [2.24, 2.45) is 0 Å². The number of nitrogens with one attached hydrogen (secondary N) is 1. The molecule has 0 unspecified atom stereocenters. The van der Waals surface area contributed by atoms with Crippen LogP contribution in [0, 0.1) is 0 Å². The van der Waals surface area contributed by atoms with Crippen LogP contribution in [0.5, 0.6) is 0 Å². The van der Waals surface area contributed by atoms with Gasteiger partial charge in [0.2, 0.25) is 5.91 Å². The molecule has 0 radical (unpaired) electrons. The number of carbonyl (C=O) groups is 1. The van der Waals surface area contributed by atoms with Gasteiger partial charge in [-0.15, -0.1) is 10.2 Å². The van der Waals surface area contributed by atoms with E-state index in [1.165, 1.54) is 11.8 Å². The van der Waals surface area contributed by atoms with E-state index in [0.717, 1.165) is 5.56 Å². The number of rotatable bonds is 7. The number of nitrogens with zero attached hydrogens (tertiary/aromatic N) is 3. The molecule has 0 aliphatic carbocycles. The summed E-state index contributed by atoms with van der Waals surface area (Å²) in [5.74, 6) is 1.48. The van der Waals surface area contributed by atoms with Gasteiger partial charge in [0.1, 0.15) is 0 Å². The third-order valence-electron chi connectivity index (χ3n) is 3.54. The van der Waals surface area contributed by atoms with E-state index in [2.05, 4.69) is 15.5 Å². The molecule has 3 aromatic rings. The molecule has 0 saturated heterocycles. The van der Waals surface area contributed by atoms with E-state index < -0.39 is 0 Å². The molecular weight excluding hydrogens is 360 g/mol. The minimum absolute atomic E-state index is 0.0879. The molecule has 0 fully saturated rings. The average molecular weight is 377 g/mol. The maximum atomic E-state index is 12.1. The molecule has 1 amide bonds. The number of benzene rings is 1. The number of furan rings is 1. The predicted molar refractivity (Wildman–Crippen MR) is 97.4 cm³/mol. The summed E-state index contributed by atoms with van der Waals surface area (Å²) in [6.45, 7) is 3.08. The summed E-state index contributed by atoms with van der Waals surface area (Å²) < 4.78 is 7.30. The SMILES string of the molecule is CCn1c(SCC(=O)NCc2ccccc2Cl)nnc1-c1ccco1. The van der Waals surface area contributed by atoms with Crippen molar-refractivity contribution in [3.8, 4) is 11.6 Å². The summed E-state index contributed by atoms with van der Waals surface area (Å²) in [4.78, 5) is 12.1. The highest BCUT2D eigenvalue weighted by atomic mass is 35.5. The molecule has 0 atom stereocenters. The number of hydrogen-bond acceptors (Lipinski definition) is 5. The van der Waals surface area contributed by atoms with E-state index in [9.17, 15) is 4.79 Å². The quantitative estimate of drug-likeness (QED) is 0.637. The van der Waals surface area contributed by atoms with Crippen LogP contribution in [0.25, 0.3) is 11.6 Å². The molecule has 1 N–H and O–H groups in total. The van der Waals surface area contributed by atoms with Crippen molar-refractivity contribution >= 4 is 29.3 Å². The van der Waals surface area contributed by atoms with Gasteiger partial charge in [-0.05, 0) is 30.7 Å². The van der Waals surface area contributed by atoms with Crippen LogP contribution < -0.4 is 5.32 Å². The molecular formula is C17H17ClN4O2S. The number of aromatic nitrogens is 3. The van der Waals surface area contributed by atoms with Gasteiger partial charge in [-0.1, -0.05) is 41.6 Å². The Morgan fingerprint density at radius 2 is 2.12 bits per heavy atom. The molecule has 2 aromatic heterocycles. The second-order valence-electron chi connectivity index (χ2n) is 5.18. The van der Waals surface area contributed by atoms with Gasteiger partial charge in [-0.3, -0.25) is 9.36 Å². The fraction of sp³-hybridized carbons (Fsp3) is 0.235. The van der Waals surface area contributed by atoms with Crippen LogP contribution in [-0.4, -0.2) is 26.4 Å². The Balaban J connectivity index is 1.58. The fourth-order valence-electron chi connectivity index (χ4n) is 2.29. The highest BCUT2D eigenvalue weighted by molar-refractivity contribution is 7.99. The molecule has 8 heteroatoms. The molecule has 0 aliphatic rings. The van der Waals surface area contributed by atoms with Crippen molar-refractivity contribution in [2.75, 3.05) is 5.75 Å². The van der Waals surface area contributed by atoms with Gasteiger partial charge >= 0.3 is 0 Å². The van der Waals surface area contributed by atoms with Crippen LogP contribution in [0.4, 0.5) is 0 Å². The smallest absolute Gasteiger partial charge is 0.230 e. The number of amides is 1. The Hall–Kier alpha value is -2.25. The van der Waals surface area contributed by atoms with E-state index in [-0.39, 0.29) is 11.7 Å². The lowest BCUT2D eigenvalue weighted by Crippen LogP contribution is -2.24. The van der Waals surface area contributed by atoms with Crippen LogP contribution in [0.1, 0.15) is 12.5 Å². The maximum absolute atomic E-state index is 12.1. The van der Waals surface area contributed by atoms with Gasteiger partial charge in [0.15, 0.2) is 16.7 Å². The lowest BCUT2D eigenvalue weighted by atomic mass is 10.2. The monoisotopic (exact) mass is 376 g/mol. The number of carbonyl (C=O) groups excluding carboxylic acids is 1. The van der Waals surface area contributed by atoms with Gasteiger partial charge in [0.05, 0.1) is 12.0 Å². The molecule has 130 valence electrons. The van der Waals surface area contributed by atoms with Crippen molar-refractivity contribution < 1.29 is 9.21 Å². The summed E-state index contributed by atoms with van der Waals surface area (Å²) in [5.41, 5.74) is 0.888. The molecule has 0 bridgehead atoms. The first-order valence-electron chi connectivity index (χ1n) is 7.79. The molecule has 2 heterocycles. The molecule has 0 spiro atoms. The molecule has 0 saturated carbocycles. The predicted octanol–water partition coefficient (Wildman–Crippen LogP) is 3.62. The third kappa shape index (κ3) is 4.24. The van der Waals surface area contributed by atoms with Crippen LogP contribution in [-0.2, 0) is 17.9 Å². The Morgan fingerprint density at radius 1 is 1.28 bits per heavy atom. The Labute approximate surface area is 154 Å². The second-order valence-corrected chi connectivity index (χ2v) is 6.53. The average Bonchev–Trinajstić information content (AvgIpc) is 3.28. The molecule has 25 heavy (non-hydrogen) atoms. The molecule has 3 rings (SSSR count). The maximum Gasteiger partial charge on any atom is 0.230 e. The second kappa shape index (κ2) is 8.22. The first-order chi connectivity index (χ1) is 12.2. The Kier molecular flexibility index (Phi) is 5.78.